The van der Waals surface area contributed by atoms with Crippen molar-refractivity contribution in [1.29, 1.82) is 0 Å². The first-order chi connectivity index (χ1) is 8.93. The fourth-order valence-corrected chi connectivity index (χ4v) is 2.14. The van der Waals surface area contributed by atoms with Crippen LogP contribution in [0.5, 0.6) is 0 Å². The Morgan fingerprint density at radius 1 is 0.550 bits per heavy atom. The molecule has 0 amide bonds. The molecule has 0 atom stereocenters. The Hall–Kier alpha value is -0.587. The maximum Gasteiger partial charge on any atom is 2.00 e. The van der Waals surface area contributed by atoms with E-state index in [2.05, 4.69) is 84.9 Å². The summed E-state index contributed by atoms with van der Waals surface area (Å²) < 4.78 is 0. The van der Waals surface area contributed by atoms with E-state index in [1.807, 2.05) is 0 Å². The first-order valence-corrected chi connectivity index (χ1v) is 6.14. The van der Waals surface area contributed by atoms with Crippen molar-refractivity contribution in [2.45, 2.75) is 0 Å². The summed E-state index contributed by atoms with van der Waals surface area (Å²) in [6.45, 7) is 0. The molecule has 4 rings (SSSR count). The summed E-state index contributed by atoms with van der Waals surface area (Å²) in [5.74, 6) is 0. The molecule has 0 heterocycles. The minimum Gasteiger partial charge on any atom is -0.168 e. The second-order valence-electron chi connectivity index (χ2n) is 4.31. The Bertz CT molecular complexity index is 625. The molecule has 0 fully saturated rings. The van der Waals surface area contributed by atoms with Gasteiger partial charge >= 0.3 is 26.2 Å². The zero-order valence-electron chi connectivity index (χ0n) is 11.2. The van der Waals surface area contributed by atoms with Crippen molar-refractivity contribution in [1.82, 2.24) is 0 Å². The molecule has 3 radical (unpaired) electrons. The maximum atomic E-state index is 2.12. The average molecular weight is 436 g/mol. The molecule has 0 saturated carbocycles. The summed E-state index contributed by atoms with van der Waals surface area (Å²) in [5.41, 5.74) is 0. The third-order valence-electron chi connectivity index (χ3n) is 3.10. The first kappa shape index (κ1) is 17.5. The third kappa shape index (κ3) is 4.20. The summed E-state index contributed by atoms with van der Waals surface area (Å²) in [6.07, 6.45) is 0. The number of fused-ring (bicyclic) bond motifs is 2. The van der Waals surface area contributed by atoms with Crippen LogP contribution in [0.3, 0.4) is 0 Å². The quantitative estimate of drug-likeness (QED) is 0.350. The molecule has 0 spiro atoms. The van der Waals surface area contributed by atoms with E-state index >= 15 is 0 Å². The molecule has 0 aliphatic heterocycles. The average Bonchev–Trinajstić information content (AvgIpc) is 3.08. The standard InChI is InChI=1S/2C9H7.In.Zr/c2*1-2-5-9-7-3-6-8(9)4-1;;/h2*1-7H;;/q2*-1;;+2. The van der Waals surface area contributed by atoms with Gasteiger partial charge in [-0.25, -0.2) is 0 Å². The third-order valence-corrected chi connectivity index (χ3v) is 3.10. The molecule has 2 heteroatoms. The van der Waals surface area contributed by atoms with E-state index in [9.17, 15) is 0 Å². The fraction of sp³-hybridized carbons (Fsp3) is 0. The van der Waals surface area contributed by atoms with Crippen LogP contribution in [0.2, 0.25) is 0 Å². The van der Waals surface area contributed by atoms with E-state index in [1.165, 1.54) is 21.5 Å². The van der Waals surface area contributed by atoms with Crippen molar-refractivity contribution >= 4 is 47.4 Å². The summed E-state index contributed by atoms with van der Waals surface area (Å²) in [7, 11) is 0. The largest absolute Gasteiger partial charge is 2.00 e. The van der Waals surface area contributed by atoms with E-state index in [0.717, 1.165) is 0 Å². The molecular formula is C18H14InZr. The smallest absolute Gasteiger partial charge is 0.168 e. The van der Waals surface area contributed by atoms with Gasteiger partial charge in [-0.15, -0.1) is 59.3 Å². The number of hydrogen-bond acceptors (Lipinski definition) is 0. The molecule has 0 aliphatic rings. The molecule has 0 nitrogen and oxygen atoms in total. The Kier molecular flexibility index (Phi) is 7.55. The molecule has 4 aromatic carbocycles. The minimum atomic E-state index is 0. The van der Waals surface area contributed by atoms with Crippen LogP contribution >= 0.6 is 0 Å². The van der Waals surface area contributed by atoms with E-state index < -0.39 is 0 Å². The molecule has 0 aliphatic carbocycles. The van der Waals surface area contributed by atoms with Gasteiger partial charge in [0.1, 0.15) is 0 Å². The number of rotatable bonds is 0. The minimum absolute atomic E-state index is 0. The molecule has 0 N–H and O–H groups in total. The molecule has 93 valence electrons. The molecule has 0 saturated heterocycles. The van der Waals surface area contributed by atoms with Crippen LogP contribution in [0.1, 0.15) is 0 Å². The van der Waals surface area contributed by atoms with E-state index in [-0.39, 0.29) is 52.0 Å². The summed E-state index contributed by atoms with van der Waals surface area (Å²) in [6, 6.07) is 29.3. The number of hydrogen-bond donors (Lipinski definition) is 0. The van der Waals surface area contributed by atoms with Crippen LogP contribution in [0.25, 0.3) is 21.5 Å². The predicted octanol–water partition coefficient (Wildman–Crippen LogP) is 4.73. The summed E-state index contributed by atoms with van der Waals surface area (Å²) >= 11 is 0. The van der Waals surface area contributed by atoms with Gasteiger partial charge in [0.25, 0.3) is 0 Å². The van der Waals surface area contributed by atoms with Crippen molar-refractivity contribution in [2.24, 2.45) is 0 Å². The van der Waals surface area contributed by atoms with Gasteiger partial charge in [-0.1, -0.05) is 12.1 Å². The van der Waals surface area contributed by atoms with Crippen molar-refractivity contribution in [3.63, 3.8) is 0 Å². The summed E-state index contributed by atoms with van der Waals surface area (Å²) in [5, 5.41) is 5.32. The molecule has 4 aromatic rings. The van der Waals surface area contributed by atoms with Gasteiger partial charge < -0.3 is 0 Å². The van der Waals surface area contributed by atoms with Crippen molar-refractivity contribution < 1.29 is 26.2 Å². The predicted molar refractivity (Wildman–Crippen MR) is 84.8 cm³/mol. The van der Waals surface area contributed by atoms with Crippen LogP contribution in [-0.4, -0.2) is 25.8 Å². The first-order valence-electron chi connectivity index (χ1n) is 6.14. The molecular weight excluding hydrogens is 422 g/mol. The maximum absolute atomic E-state index is 2.12. The van der Waals surface area contributed by atoms with Crippen LogP contribution in [-0.2, 0) is 26.2 Å². The molecule has 0 aromatic heterocycles. The van der Waals surface area contributed by atoms with Crippen molar-refractivity contribution in [2.75, 3.05) is 0 Å². The monoisotopic (exact) mass is 435 g/mol. The Labute approximate surface area is 157 Å². The van der Waals surface area contributed by atoms with Crippen LogP contribution in [0.4, 0.5) is 0 Å². The summed E-state index contributed by atoms with van der Waals surface area (Å²) in [4.78, 5) is 0. The van der Waals surface area contributed by atoms with Crippen molar-refractivity contribution in [3.05, 3.63) is 84.9 Å². The fourth-order valence-electron chi connectivity index (χ4n) is 2.14. The van der Waals surface area contributed by atoms with Gasteiger partial charge in [0, 0.05) is 25.8 Å². The Morgan fingerprint density at radius 2 is 0.950 bits per heavy atom. The van der Waals surface area contributed by atoms with Gasteiger partial charge in [-0.3, -0.25) is 0 Å². The van der Waals surface area contributed by atoms with E-state index in [4.69, 9.17) is 0 Å². The van der Waals surface area contributed by atoms with E-state index in [1.54, 1.807) is 0 Å². The Balaban J connectivity index is 0.000000182. The number of benzene rings is 2. The van der Waals surface area contributed by atoms with Crippen LogP contribution in [0, 0.1) is 0 Å². The second kappa shape index (κ2) is 8.65. The van der Waals surface area contributed by atoms with Crippen molar-refractivity contribution in [3.8, 4) is 0 Å². The van der Waals surface area contributed by atoms with Gasteiger partial charge in [0.2, 0.25) is 0 Å². The molecule has 0 bridgehead atoms. The van der Waals surface area contributed by atoms with Crippen LogP contribution in [0.15, 0.2) is 84.9 Å². The van der Waals surface area contributed by atoms with Gasteiger partial charge in [0.05, 0.1) is 0 Å². The van der Waals surface area contributed by atoms with Gasteiger partial charge in [-0.05, 0) is 0 Å². The second-order valence-corrected chi connectivity index (χ2v) is 4.31. The van der Waals surface area contributed by atoms with Crippen LogP contribution < -0.4 is 0 Å². The van der Waals surface area contributed by atoms with Gasteiger partial charge in [-0.2, -0.15) is 35.0 Å². The zero-order valence-corrected chi connectivity index (χ0v) is 16.9. The van der Waals surface area contributed by atoms with Gasteiger partial charge in [0.15, 0.2) is 0 Å². The topological polar surface area (TPSA) is 0 Å². The SMILES string of the molecule is [In].[Zr+2].c1ccc2[cH-]ccc2c1.c1ccc2[cH-]ccc2c1. The Morgan fingerprint density at radius 3 is 1.35 bits per heavy atom. The normalized spacial score (nSPS) is 9.20. The molecule has 0 unspecified atom stereocenters. The van der Waals surface area contributed by atoms with E-state index in [0.29, 0.717) is 0 Å². The zero-order chi connectivity index (χ0) is 12.2. The molecule has 20 heavy (non-hydrogen) atoms.